The normalized spacial score (nSPS) is 15.6. The molecule has 29 heavy (non-hydrogen) atoms. The fourth-order valence-corrected chi connectivity index (χ4v) is 4.96. The molecule has 0 fully saturated rings. The first-order chi connectivity index (χ1) is 13.8. The van der Waals surface area contributed by atoms with Gasteiger partial charge in [0, 0.05) is 25.3 Å². The number of fused-ring (bicyclic) bond motifs is 2. The van der Waals surface area contributed by atoms with Crippen LogP contribution in [0.3, 0.4) is 0 Å². The zero-order valence-corrected chi connectivity index (χ0v) is 17.0. The number of para-hydroxylation sites is 1. The first-order valence-electron chi connectivity index (χ1n) is 9.19. The van der Waals surface area contributed by atoms with E-state index in [1.807, 2.05) is 24.3 Å². The summed E-state index contributed by atoms with van der Waals surface area (Å²) in [6, 6.07) is 10.6. The lowest BCUT2D eigenvalue weighted by molar-refractivity contribution is -0.119. The van der Waals surface area contributed by atoms with E-state index >= 15 is 0 Å². The van der Waals surface area contributed by atoms with Crippen molar-refractivity contribution in [2.24, 2.45) is 0 Å². The highest BCUT2D eigenvalue weighted by Crippen LogP contribution is 2.34. The van der Waals surface area contributed by atoms with E-state index in [0.29, 0.717) is 23.5 Å². The second-order valence-corrected chi connectivity index (χ2v) is 9.15. The van der Waals surface area contributed by atoms with Gasteiger partial charge >= 0.3 is 0 Å². The van der Waals surface area contributed by atoms with Crippen LogP contribution in [0.15, 0.2) is 41.3 Å². The Hall–Kier alpha value is -2.91. The monoisotopic (exact) mass is 415 g/mol. The van der Waals surface area contributed by atoms with E-state index in [-0.39, 0.29) is 29.9 Å². The van der Waals surface area contributed by atoms with Gasteiger partial charge in [-0.25, -0.2) is 8.42 Å². The average molecular weight is 415 g/mol. The number of hydrogen-bond acceptors (Lipinski definition) is 5. The van der Waals surface area contributed by atoms with Crippen molar-refractivity contribution in [1.82, 2.24) is 4.31 Å². The number of sulfonamides is 1. The van der Waals surface area contributed by atoms with Gasteiger partial charge in [0.15, 0.2) is 6.61 Å². The second kappa shape index (κ2) is 7.16. The summed E-state index contributed by atoms with van der Waals surface area (Å²) in [5, 5.41) is 2.65. The van der Waals surface area contributed by atoms with Crippen LogP contribution in [0.1, 0.15) is 11.1 Å². The molecular weight excluding hydrogens is 394 g/mol. The summed E-state index contributed by atoms with van der Waals surface area (Å²) in [5.74, 6) is -0.275. The maximum atomic E-state index is 13.1. The minimum atomic E-state index is -3.93. The second-order valence-electron chi connectivity index (χ2n) is 7.14. The summed E-state index contributed by atoms with van der Waals surface area (Å²) >= 11 is 0. The number of rotatable bonds is 4. The van der Waals surface area contributed by atoms with Crippen molar-refractivity contribution in [3.8, 4) is 5.75 Å². The molecule has 9 heteroatoms. The van der Waals surface area contributed by atoms with Crippen LogP contribution in [-0.2, 0) is 26.0 Å². The summed E-state index contributed by atoms with van der Waals surface area (Å²) in [6.07, 6.45) is 0.755. The Morgan fingerprint density at radius 1 is 1.28 bits per heavy atom. The molecule has 2 amide bonds. The molecule has 0 aromatic heterocycles. The molecule has 2 aromatic rings. The van der Waals surface area contributed by atoms with E-state index in [1.165, 1.54) is 13.1 Å². The number of benzene rings is 2. The van der Waals surface area contributed by atoms with E-state index < -0.39 is 10.0 Å². The quantitative estimate of drug-likeness (QED) is 0.817. The van der Waals surface area contributed by atoms with Crippen LogP contribution in [0, 0.1) is 6.92 Å². The molecule has 0 saturated carbocycles. The van der Waals surface area contributed by atoms with Crippen LogP contribution in [-0.4, -0.2) is 51.3 Å². The lowest BCUT2D eigenvalue weighted by atomic mass is 10.2. The summed E-state index contributed by atoms with van der Waals surface area (Å²) in [7, 11) is -2.54. The highest BCUT2D eigenvalue weighted by molar-refractivity contribution is 7.89. The lowest BCUT2D eigenvalue weighted by Crippen LogP contribution is -2.40. The van der Waals surface area contributed by atoms with Crippen molar-refractivity contribution < 1.29 is 22.7 Å². The molecule has 2 aliphatic heterocycles. The van der Waals surface area contributed by atoms with Crippen LogP contribution in [0.25, 0.3) is 0 Å². The largest absolute Gasteiger partial charge is 0.482 e. The fraction of sp³-hybridized carbons (Fsp3) is 0.300. The van der Waals surface area contributed by atoms with Gasteiger partial charge in [-0.05, 0) is 36.6 Å². The smallest absolute Gasteiger partial charge is 0.262 e. The number of anilines is 2. The van der Waals surface area contributed by atoms with Crippen LogP contribution in [0.5, 0.6) is 5.75 Å². The summed E-state index contributed by atoms with van der Waals surface area (Å²) in [4.78, 5) is 25.9. The van der Waals surface area contributed by atoms with Crippen molar-refractivity contribution in [1.29, 1.82) is 0 Å². The van der Waals surface area contributed by atoms with Gasteiger partial charge in [0.05, 0.1) is 17.1 Å². The van der Waals surface area contributed by atoms with Gasteiger partial charge < -0.3 is 15.0 Å². The summed E-state index contributed by atoms with van der Waals surface area (Å²) in [6.45, 7) is 1.74. The molecule has 0 saturated heterocycles. The molecule has 0 bridgehead atoms. The molecule has 8 nitrogen and oxygen atoms in total. The number of amides is 2. The van der Waals surface area contributed by atoms with Crippen molar-refractivity contribution in [3.05, 3.63) is 47.5 Å². The fourth-order valence-electron chi connectivity index (χ4n) is 3.62. The molecule has 0 unspecified atom stereocenters. The first kappa shape index (κ1) is 19.4. The predicted octanol–water partition coefficient (Wildman–Crippen LogP) is 1.54. The molecule has 2 aliphatic rings. The third kappa shape index (κ3) is 3.47. The van der Waals surface area contributed by atoms with Crippen LogP contribution >= 0.6 is 0 Å². The number of likely N-dealkylation sites (N-methyl/N-ethyl adjacent to an activating group) is 1. The molecule has 4 rings (SSSR count). The summed E-state index contributed by atoms with van der Waals surface area (Å²) in [5.41, 5.74) is 2.80. The van der Waals surface area contributed by atoms with E-state index in [0.717, 1.165) is 22.0 Å². The SMILES string of the molecule is Cc1cc2c(cc1S(=O)(=O)N(C)CC(=O)N1CCc3ccccc31)OCC(=O)N2. The summed E-state index contributed by atoms with van der Waals surface area (Å²) < 4.78 is 32.6. The molecule has 0 radical (unpaired) electrons. The maximum Gasteiger partial charge on any atom is 0.262 e. The van der Waals surface area contributed by atoms with Crippen LogP contribution in [0.4, 0.5) is 11.4 Å². The molecule has 2 heterocycles. The van der Waals surface area contributed by atoms with Gasteiger partial charge in [-0.2, -0.15) is 4.31 Å². The lowest BCUT2D eigenvalue weighted by Gasteiger charge is -2.24. The number of aryl methyl sites for hydroxylation is 1. The van der Waals surface area contributed by atoms with Crippen molar-refractivity contribution >= 4 is 33.2 Å². The van der Waals surface area contributed by atoms with E-state index in [4.69, 9.17) is 4.74 Å². The van der Waals surface area contributed by atoms with Gasteiger partial charge in [0.2, 0.25) is 15.9 Å². The molecule has 1 N–H and O–H groups in total. The minimum absolute atomic E-state index is 0.0459. The van der Waals surface area contributed by atoms with Crippen molar-refractivity contribution in [3.63, 3.8) is 0 Å². The van der Waals surface area contributed by atoms with Gasteiger partial charge in [-0.15, -0.1) is 0 Å². The van der Waals surface area contributed by atoms with Gasteiger partial charge in [-0.3, -0.25) is 9.59 Å². The topological polar surface area (TPSA) is 96.0 Å². The third-order valence-electron chi connectivity index (χ3n) is 5.14. The minimum Gasteiger partial charge on any atom is -0.482 e. The first-order valence-corrected chi connectivity index (χ1v) is 10.6. The van der Waals surface area contributed by atoms with Crippen LogP contribution < -0.4 is 15.0 Å². The third-order valence-corrected chi connectivity index (χ3v) is 7.09. The highest BCUT2D eigenvalue weighted by Gasteiger charge is 2.31. The molecule has 2 aromatic carbocycles. The van der Waals surface area contributed by atoms with Crippen molar-refractivity contribution in [2.45, 2.75) is 18.2 Å². The molecule has 152 valence electrons. The molecule has 0 spiro atoms. The number of hydrogen-bond donors (Lipinski definition) is 1. The number of carbonyl (C=O) groups is 2. The number of ether oxygens (including phenoxy) is 1. The van der Waals surface area contributed by atoms with E-state index in [9.17, 15) is 18.0 Å². The zero-order valence-electron chi connectivity index (χ0n) is 16.1. The van der Waals surface area contributed by atoms with Gasteiger partial charge in [0.1, 0.15) is 5.75 Å². The number of carbonyl (C=O) groups excluding carboxylic acids is 2. The number of nitrogens with zero attached hydrogens (tertiary/aromatic N) is 2. The zero-order chi connectivity index (χ0) is 20.8. The van der Waals surface area contributed by atoms with E-state index in [2.05, 4.69) is 5.32 Å². The Kier molecular flexibility index (Phi) is 4.79. The van der Waals surface area contributed by atoms with E-state index in [1.54, 1.807) is 17.9 Å². The predicted molar refractivity (Wildman–Crippen MR) is 108 cm³/mol. The Bertz CT molecular complexity index is 1110. The highest BCUT2D eigenvalue weighted by atomic mass is 32.2. The number of nitrogens with one attached hydrogen (secondary N) is 1. The Morgan fingerprint density at radius 2 is 2.03 bits per heavy atom. The van der Waals surface area contributed by atoms with Gasteiger partial charge in [0.25, 0.3) is 5.91 Å². The maximum absolute atomic E-state index is 13.1. The molecule has 0 atom stereocenters. The Balaban J connectivity index is 1.56. The standard InChI is InChI=1S/C20H21N3O5S/c1-13-9-15-17(28-12-19(24)21-15)10-18(13)29(26,27)22(2)11-20(25)23-8-7-14-5-3-4-6-16(14)23/h3-6,9-10H,7-8,11-12H2,1-2H3,(H,21,24). The molecule has 0 aliphatic carbocycles. The Labute approximate surface area is 169 Å². The average Bonchev–Trinajstić information content (AvgIpc) is 3.11. The molecular formula is C20H21N3O5S. The van der Waals surface area contributed by atoms with Crippen molar-refractivity contribution in [2.75, 3.05) is 37.0 Å². The van der Waals surface area contributed by atoms with Gasteiger partial charge in [-0.1, -0.05) is 18.2 Å². The Morgan fingerprint density at radius 3 is 2.83 bits per heavy atom. The van der Waals surface area contributed by atoms with Crippen LogP contribution in [0.2, 0.25) is 0 Å².